The second kappa shape index (κ2) is 9.50. The van der Waals surface area contributed by atoms with Crippen molar-refractivity contribution in [1.82, 2.24) is 5.32 Å². The summed E-state index contributed by atoms with van der Waals surface area (Å²) in [4.78, 5) is 11.9. The maximum atomic E-state index is 11.9. The van der Waals surface area contributed by atoms with Crippen molar-refractivity contribution in [2.45, 2.75) is 31.8 Å². The van der Waals surface area contributed by atoms with Crippen LogP contribution in [0, 0.1) is 0 Å². The first-order chi connectivity index (χ1) is 9.69. The first kappa shape index (κ1) is 21.4. The minimum atomic E-state index is -3.10. The Morgan fingerprint density at radius 2 is 1.95 bits per heavy atom. The summed E-state index contributed by atoms with van der Waals surface area (Å²) in [6.07, 6.45) is 1.94. The van der Waals surface area contributed by atoms with Crippen molar-refractivity contribution in [3.63, 3.8) is 0 Å². The molecule has 0 aliphatic heterocycles. The number of carbonyl (C=O) groups excluding carboxylic acids is 1. The fraction of sp³-hybridized carbons (Fsp3) is 0.500. The molecule has 8 heteroatoms. The summed E-state index contributed by atoms with van der Waals surface area (Å²) in [5.41, 5.74) is 6.80. The van der Waals surface area contributed by atoms with Crippen LogP contribution in [0.1, 0.15) is 18.9 Å². The Bertz CT molecular complexity index is 596. The molecule has 0 aliphatic rings. The molecule has 0 radical (unpaired) electrons. The van der Waals surface area contributed by atoms with Crippen molar-refractivity contribution in [2.75, 3.05) is 12.0 Å². The largest absolute Gasteiger partial charge is 0.352 e. The third-order valence-electron chi connectivity index (χ3n) is 3.01. The zero-order valence-corrected chi connectivity index (χ0v) is 15.8. The Morgan fingerprint density at radius 3 is 2.50 bits per heavy atom. The lowest BCUT2D eigenvalue weighted by Crippen LogP contribution is -2.45. The Hall–Kier alpha value is -0.630. The second-order valence-corrected chi connectivity index (χ2v) is 8.34. The highest BCUT2D eigenvalue weighted by Crippen LogP contribution is 2.17. The summed E-state index contributed by atoms with van der Waals surface area (Å²) in [5, 5.41) is 2.81. The van der Waals surface area contributed by atoms with Crippen molar-refractivity contribution >= 4 is 44.1 Å². The Kier molecular flexibility index (Phi) is 9.22. The van der Waals surface area contributed by atoms with E-state index in [2.05, 4.69) is 21.2 Å². The average molecular weight is 414 g/mol. The van der Waals surface area contributed by atoms with Crippen LogP contribution >= 0.6 is 28.3 Å². The summed E-state index contributed by atoms with van der Waals surface area (Å²) in [6, 6.07) is 6.91. The molecular weight excluding hydrogens is 392 g/mol. The molecule has 0 spiro atoms. The smallest absolute Gasteiger partial charge is 0.237 e. The van der Waals surface area contributed by atoms with Gasteiger partial charge in [-0.2, -0.15) is 0 Å². The minimum absolute atomic E-state index is 0. The molecule has 0 saturated carbocycles. The van der Waals surface area contributed by atoms with E-state index in [1.165, 1.54) is 0 Å². The van der Waals surface area contributed by atoms with Gasteiger partial charge in [-0.05, 0) is 31.4 Å². The van der Waals surface area contributed by atoms with Crippen LogP contribution in [-0.2, 0) is 21.1 Å². The first-order valence-corrected chi connectivity index (χ1v) is 9.51. The van der Waals surface area contributed by atoms with Crippen molar-refractivity contribution in [2.24, 2.45) is 5.73 Å². The highest BCUT2D eigenvalue weighted by molar-refractivity contribution is 9.10. The van der Waals surface area contributed by atoms with Gasteiger partial charge in [0.15, 0.2) is 0 Å². The molecule has 0 aromatic heterocycles. The standard InChI is InChI=1S/C14H21BrN2O3S.ClH/c1-10(9-11-5-3-4-6-12(11)15)17-14(18)13(16)7-8-21(2,19)20;/h3-6,10,13H,7-9,16H2,1-2H3,(H,17,18);1H. The summed E-state index contributed by atoms with van der Waals surface area (Å²) >= 11 is 3.46. The summed E-state index contributed by atoms with van der Waals surface area (Å²) in [6.45, 7) is 1.89. The van der Waals surface area contributed by atoms with Gasteiger partial charge in [-0.1, -0.05) is 34.1 Å². The number of amides is 1. The van der Waals surface area contributed by atoms with Crippen LogP contribution in [0.25, 0.3) is 0 Å². The number of nitrogens with two attached hydrogens (primary N) is 1. The second-order valence-electron chi connectivity index (χ2n) is 5.23. The lowest BCUT2D eigenvalue weighted by atomic mass is 10.1. The molecule has 126 valence electrons. The molecule has 1 aromatic carbocycles. The zero-order valence-electron chi connectivity index (χ0n) is 12.6. The maximum Gasteiger partial charge on any atom is 0.237 e. The van der Waals surface area contributed by atoms with Crippen LogP contribution in [0.15, 0.2) is 28.7 Å². The van der Waals surface area contributed by atoms with E-state index >= 15 is 0 Å². The number of nitrogens with one attached hydrogen (secondary N) is 1. The Labute approximate surface area is 146 Å². The fourth-order valence-corrected chi connectivity index (χ4v) is 3.00. The normalized spacial score (nSPS) is 13.8. The molecule has 0 aliphatic carbocycles. The molecule has 1 rings (SSSR count). The van der Waals surface area contributed by atoms with Gasteiger partial charge in [0.25, 0.3) is 0 Å². The van der Waals surface area contributed by atoms with Gasteiger partial charge in [-0.25, -0.2) is 8.42 Å². The van der Waals surface area contributed by atoms with Crippen molar-refractivity contribution in [3.05, 3.63) is 34.3 Å². The number of hydrogen-bond donors (Lipinski definition) is 2. The van der Waals surface area contributed by atoms with Gasteiger partial charge < -0.3 is 11.1 Å². The van der Waals surface area contributed by atoms with E-state index in [0.717, 1.165) is 16.3 Å². The van der Waals surface area contributed by atoms with Crippen molar-refractivity contribution in [1.29, 1.82) is 0 Å². The van der Waals surface area contributed by atoms with E-state index in [4.69, 9.17) is 5.73 Å². The molecule has 0 saturated heterocycles. The van der Waals surface area contributed by atoms with E-state index in [1.54, 1.807) is 0 Å². The molecule has 5 nitrogen and oxygen atoms in total. The summed E-state index contributed by atoms with van der Waals surface area (Å²) in [5.74, 6) is -0.404. The van der Waals surface area contributed by atoms with Crippen LogP contribution < -0.4 is 11.1 Å². The van der Waals surface area contributed by atoms with E-state index in [-0.39, 0.29) is 36.5 Å². The van der Waals surface area contributed by atoms with Crippen molar-refractivity contribution < 1.29 is 13.2 Å². The third kappa shape index (κ3) is 8.12. The average Bonchev–Trinajstić information content (AvgIpc) is 2.37. The SMILES string of the molecule is CC(Cc1ccccc1Br)NC(=O)C(N)CCS(C)(=O)=O.Cl. The molecular formula is C14H22BrClN2O3S. The monoisotopic (exact) mass is 412 g/mol. The molecule has 0 fully saturated rings. The van der Waals surface area contributed by atoms with Crippen LogP contribution in [0.2, 0.25) is 0 Å². The first-order valence-electron chi connectivity index (χ1n) is 6.66. The third-order valence-corrected chi connectivity index (χ3v) is 4.76. The predicted octanol–water partition coefficient (Wildman–Crippen LogP) is 1.68. The van der Waals surface area contributed by atoms with Gasteiger partial charge in [0.2, 0.25) is 5.91 Å². The summed E-state index contributed by atoms with van der Waals surface area (Å²) < 4.78 is 23.1. The molecule has 1 aromatic rings. The molecule has 0 bridgehead atoms. The van der Waals surface area contributed by atoms with Gasteiger partial charge in [0, 0.05) is 16.8 Å². The number of benzene rings is 1. The van der Waals surface area contributed by atoms with E-state index < -0.39 is 15.9 Å². The lowest BCUT2D eigenvalue weighted by Gasteiger charge is -2.18. The van der Waals surface area contributed by atoms with Gasteiger partial charge in [0.1, 0.15) is 9.84 Å². The fourth-order valence-electron chi connectivity index (χ4n) is 1.87. The van der Waals surface area contributed by atoms with Gasteiger partial charge in [0.05, 0.1) is 11.8 Å². The molecule has 2 unspecified atom stereocenters. The lowest BCUT2D eigenvalue weighted by molar-refractivity contribution is -0.122. The molecule has 1 amide bonds. The van der Waals surface area contributed by atoms with Crippen LogP contribution in [-0.4, -0.2) is 38.4 Å². The predicted molar refractivity (Wildman–Crippen MR) is 95.0 cm³/mol. The Balaban J connectivity index is 0.00000441. The zero-order chi connectivity index (χ0) is 16.0. The number of rotatable bonds is 7. The van der Waals surface area contributed by atoms with Gasteiger partial charge in [-0.3, -0.25) is 4.79 Å². The van der Waals surface area contributed by atoms with E-state index in [9.17, 15) is 13.2 Å². The molecule has 0 heterocycles. The number of hydrogen-bond acceptors (Lipinski definition) is 4. The number of carbonyl (C=O) groups is 1. The van der Waals surface area contributed by atoms with E-state index in [0.29, 0.717) is 6.42 Å². The highest BCUT2D eigenvalue weighted by atomic mass is 79.9. The Morgan fingerprint density at radius 1 is 1.36 bits per heavy atom. The highest BCUT2D eigenvalue weighted by Gasteiger charge is 2.18. The van der Waals surface area contributed by atoms with Gasteiger partial charge in [-0.15, -0.1) is 12.4 Å². The summed E-state index contributed by atoms with van der Waals surface area (Å²) in [7, 11) is -3.10. The van der Waals surface area contributed by atoms with Gasteiger partial charge >= 0.3 is 0 Å². The maximum absolute atomic E-state index is 11.9. The molecule has 2 atom stereocenters. The van der Waals surface area contributed by atoms with E-state index in [1.807, 2.05) is 31.2 Å². The van der Waals surface area contributed by atoms with Crippen LogP contribution in [0.5, 0.6) is 0 Å². The molecule has 22 heavy (non-hydrogen) atoms. The van der Waals surface area contributed by atoms with Crippen LogP contribution in [0.3, 0.4) is 0 Å². The quantitative estimate of drug-likeness (QED) is 0.712. The molecule has 3 N–H and O–H groups in total. The topological polar surface area (TPSA) is 89.3 Å². The minimum Gasteiger partial charge on any atom is -0.352 e. The van der Waals surface area contributed by atoms with Crippen LogP contribution in [0.4, 0.5) is 0 Å². The number of sulfone groups is 1. The van der Waals surface area contributed by atoms with Crippen molar-refractivity contribution in [3.8, 4) is 0 Å². The number of halogens is 2.